The number of carbonyl (C=O) groups excluding carboxylic acids is 1. The third-order valence-electron chi connectivity index (χ3n) is 3.62. The number of unbranched alkanes of at least 4 members (excludes halogenated alkanes) is 1. The molecule has 0 radical (unpaired) electrons. The SMILES string of the molecule is COc1ccc(C)cc1NC(=O)NCCCCc1ccccc1. The van der Waals surface area contributed by atoms with Gasteiger partial charge in [0.05, 0.1) is 12.8 Å². The molecule has 0 saturated heterocycles. The third kappa shape index (κ3) is 5.66. The van der Waals surface area contributed by atoms with Gasteiger partial charge in [0.2, 0.25) is 0 Å². The maximum atomic E-state index is 11.9. The van der Waals surface area contributed by atoms with Crippen molar-refractivity contribution in [3.8, 4) is 5.75 Å². The molecule has 0 unspecified atom stereocenters. The van der Waals surface area contributed by atoms with Gasteiger partial charge >= 0.3 is 6.03 Å². The van der Waals surface area contributed by atoms with Gasteiger partial charge in [-0.15, -0.1) is 0 Å². The van der Waals surface area contributed by atoms with Gasteiger partial charge < -0.3 is 15.4 Å². The Kier molecular flexibility index (Phi) is 6.48. The van der Waals surface area contributed by atoms with Crippen LogP contribution in [0.5, 0.6) is 5.75 Å². The van der Waals surface area contributed by atoms with E-state index in [4.69, 9.17) is 4.74 Å². The molecule has 0 spiro atoms. The van der Waals surface area contributed by atoms with E-state index in [2.05, 4.69) is 34.9 Å². The monoisotopic (exact) mass is 312 g/mol. The summed E-state index contributed by atoms with van der Waals surface area (Å²) in [5, 5.41) is 5.72. The van der Waals surface area contributed by atoms with E-state index in [9.17, 15) is 4.79 Å². The standard InChI is InChI=1S/C19H24N2O2/c1-15-11-12-18(23-2)17(14-15)21-19(22)20-13-7-6-10-16-8-4-3-5-9-16/h3-5,8-9,11-12,14H,6-7,10,13H2,1-2H3,(H2,20,21,22). The Bertz CT molecular complexity index is 627. The summed E-state index contributed by atoms with van der Waals surface area (Å²) in [7, 11) is 1.59. The highest BCUT2D eigenvalue weighted by molar-refractivity contribution is 5.91. The van der Waals surface area contributed by atoms with Crippen molar-refractivity contribution in [1.82, 2.24) is 5.32 Å². The fourth-order valence-electron chi connectivity index (χ4n) is 2.39. The lowest BCUT2D eigenvalue weighted by molar-refractivity contribution is 0.252. The molecule has 0 atom stereocenters. The molecule has 0 aliphatic carbocycles. The van der Waals surface area contributed by atoms with Crippen LogP contribution >= 0.6 is 0 Å². The van der Waals surface area contributed by atoms with Crippen LogP contribution in [0.3, 0.4) is 0 Å². The average molecular weight is 312 g/mol. The van der Waals surface area contributed by atoms with Crippen molar-refractivity contribution in [3.63, 3.8) is 0 Å². The minimum absolute atomic E-state index is 0.200. The highest BCUT2D eigenvalue weighted by Gasteiger charge is 2.07. The normalized spacial score (nSPS) is 10.2. The molecule has 122 valence electrons. The maximum absolute atomic E-state index is 11.9. The highest BCUT2D eigenvalue weighted by Crippen LogP contribution is 2.24. The molecule has 4 heteroatoms. The van der Waals surface area contributed by atoms with Gasteiger partial charge in [-0.2, -0.15) is 0 Å². The number of carbonyl (C=O) groups is 1. The van der Waals surface area contributed by atoms with Crippen molar-refractivity contribution in [2.24, 2.45) is 0 Å². The molecule has 0 aliphatic rings. The fourth-order valence-corrected chi connectivity index (χ4v) is 2.39. The first kappa shape index (κ1) is 16.9. The lowest BCUT2D eigenvalue weighted by Crippen LogP contribution is -2.29. The van der Waals surface area contributed by atoms with Crippen LogP contribution in [0.1, 0.15) is 24.0 Å². The quantitative estimate of drug-likeness (QED) is 0.755. The summed E-state index contributed by atoms with van der Waals surface area (Å²) >= 11 is 0. The van der Waals surface area contributed by atoms with Crippen LogP contribution in [-0.4, -0.2) is 19.7 Å². The van der Waals surface area contributed by atoms with Gasteiger partial charge in [-0.05, 0) is 49.4 Å². The topological polar surface area (TPSA) is 50.4 Å². The Hall–Kier alpha value is -2.49. The summed E-state index contributed by atoms with van der Waals surface area (Å²) in [6.45, 7) is 2.64. The summed E-state index contributed by atoms with van der Waals surface area (Å²) in [5.74, 6) is 0.662. The highest BCUT2D eigenvalue weighted by atomic mass is 16.5. The number of amides is 2. The molecule has 4 nitrogen and oxygen atoms in total. The first-order valence-corrected chi connectivity index (χ1v) is 7.92. The minimum Gasteiger partial charge on any atom is -0.495 e. The maximum Gasteiger partial charge on any atom is 0.319 e. The molecule has 0 aliphatic heterocycles. The van der Waals surface area contributed by atoms with Crippen molar-refractivity contribution < 1.29 is 9.53 Å². The molecule has 2 aromatic rings. The van der Waals surface area contributed by atoms with Crippen LogP contribution in [0, 0.1) is 6.92 Å². The van der Waals surface area contributed by atoms with Gasteiger partial charge in [0.25, 0.3) is 0 Å². The number of benzene rings is 2. The summed E-state index contributed by atoms with van der Waals surface area (Å²) in [6.07, 6.45) is 3.04. The van der Waals surface area contributed by atoms with Crippen molar-refractivity contribution in [2.75, 3.05) is 19.0 Å². The van der Waals surface area contributed by atoms with Crippen molar-refractivity contribution in [3.05, 3.63) is 59.7 Å². The third-order valence-corrected chi connectivity index (χ3v) is 3.62. The summed E-state index contributed by atoms with van der Waals surface area (Å²) in [4.78, 5) is 11.9. The number of ether oxygens (including phenoxy) is 1. The zero-order chi connectivity index (χ0) is 16.5. The molecule has 2 amide bonds. The van der Waals surface area contributed by atoms with Gasteiger partial charge in [-0.25, -0.2) is 4.79 Å². The lowest BCUT2D eigenvalue weighted by atomic mass is 10.1. The summed E-state index contributed by atoms with van der Waals surface area (Å²) in [5.41, 5.74) is 3.10. The summed E-state index contributed by atoms with van der Waals surface area (Å²) < 4.78 is 5.25. The second kappa shape index (κ2) is 8.83. The molecule has 0 aromatic heterocycles. The molecule has 0 bridgehead atoms. The van der Waals surface area contributed by atoms with Crippen molar-refractivity contribution in [2.45, 2.75) is 26.2 Å². The number of hydrogen-bond acceptors (Lipinski definition) is 2. The second-order valence-electron chi connectivity index (χ2n) is 5.53. The molecule has 2 N–H and O–H groups in total. The van der Waals surface area contributed by atoms with Crippen molar-refractivity contribution >= 4 is 11.7 Å². The Morgan fingerprint density at radius 3 is 2.61 bits per heavy atom. The lowest BCUT2D eigenvalue weighted by Gasteiger charge is -2.12. The molecular weight excluding hydrogens is 288 g/mol. The molecule has 0 heterocycles. The fraction of sp³-hybridized carbons (Fsp3) is 0.316. The molecule has 0 saturated carbocycles. The predicted molar refractivity (Wildman–Crippen MR) is 94.1 cm³/mol. The number of hydrogen-bond donors (Lipinski definition) is 2. The number of anilines is 1. The van der Waals surface area contributed by atoms with Crippen LogP contribution in [-0.2, 0) is 6.42 Å². The first-order chi connectivity index (χ1) is 11.2. The van der Waals surface area contributed by atoms with E-state index in [0.29, 0.717) is 18.0 Å². The van der Waals surface area contributed by atoms with Gasteiger partial charge in [-0.1, -0.05) is 36.4 Å². The number of urea groups is 1. The largest absolute Gasteiger partial charge is 0.495 e. The van der Waals surface area contributed by atoms with E-state index in [0.717, 1.165) is 24.8 Å². The van der Waals surface area contributed by atoms with Crippen LogP contribution < -0.4 is 15.4 Å². The number of aryl methyl sites for hydroxylation is 2. The van der Waals surface area contributed by atoms with E-state index < -0.39 is 0 Å². The van der Waals surface area contributed by atoms with Gasteiger partial charge in [0.1, 0.15) is 5.75 Å². The number of rotatable bonds is 7. The Morgan fingerprint density at radius 2 is 1.87 bits per heavy atom. The van der Waals surface area contributed by atoms with E-state index >= 15 is 0 Å². The Morgan fingerprint density at radius 1 is 1.09 bits per heavy atom. The smallest absolute Gasteiger partial charge is 0.319 e. The number of nitrogens with one attached hydrogen (secondary N) is 2. The average Bonchev–Trinajstić information content (AvgIpc) is 2.56. The first-order valence-electron chi connectivity index (χ1n) is 7.92. The van der Waals surface area contributed by atoms with E-state index in [1.165, 1.54) is 5.56 Å². The Labute approximate surface area is 137 Å². The molecule has 2 aromatic carbocycles. The molecule has 2 rings (SSSR count). The zero-order valence-electron chi connectivity index (χ0n) is 13.8. The molecular formula is C19H24N2O2. The van der Waals surface area contributed by atoms with Crippen LogP contribution in [0.25, 0.3) is 0 Å². The van der Waals surface area contributed by atoms with E-state index in [1.54, 1.807) is 7.11 Å². The van der Waals surface area contributed by atoms with Gasteiger partial charge in [0.15, 0.2) is 0 Å². The van der Waals surface area contributed by atoms with Crippen LogP contribution in [0.15, 0.2) is 48.5 Å². The van der Waals surface area contributed by atoms with E-state index in [-0.39, 0.29) is 6.03 Å². The second-order valence-corrected chi connectivity index (χ2v) is 5.53. The van der Waals surface area contributed by atoms with Crippen LogP contribution in [0.2, 0.25) is 0 Å². The zero-order valence-corrected chi connectivity index (χ0v) is 13.8. The van der Waals surface area contributed by atoms with Crippen molar-refractivity contribution in [1.29, 1.82) is 0 Å². The number of methoxy groups -OCH3 is 1. The van der Waals surface area contributed by atoms with Gasteiger partial charge in [-0.3, -0.25) is 0 Å². The molecule has 0 fully saturated rings. The molecule has 23 heavy (non-hydrogen) atoms. The summed E-state index contributed by atoms with van der Waals surface area (Å²) in [6, 6.07) is 15.9. The minimum atomic E-state index is -0.200. The van der Waals surface area contributed by atoms with Gasteiger partial charge in [0, 0.05) is 6.54 Å². The van der Waals surface area contributed by atoms with Crippen LogP contribution in [0.4, 0.5) is 10.5 Å². The Balaban J connectivity index is 1.70. The van der Waals surface area contributed by atoms with E-state index in [1.807, 2.05) is 31.2 Å². The predicted octanol–water partition coefficient (Wildman–Crippen LogP) is 4.15.